The predicted octanol–water partition coefficient (Wildman–Crippen LogP) is 1.36. The molecule has 1 N–H and O–H groups in total. The Morgan fingerprint density at radius 1 is 1.50 bits per heavy atom. The van der Waals surface area contributed by atoms with Crippen molar-refractivity contribution in [3.63, 3.8) is 0 Å². The maximum atomic E-state index is 12.1. The molecular formula is C14H20N2O3S. The van der Waals surface area contributed by atoms with E-state index in [2.05, 4.69) is 0 Å². The number of carbonyl (C=O) groups is 2. The molecule has 2 atom stereocenters. The maximum Gasteiger partial charge on any atom is 0.308 e. The number of hydrogen-bond acceptors (Lipinski definition) is 4. The molecule has 1 aliphatic rings. The number of likely N-dealkylation sites (N-methyl/N-ethyl adjacent to an activating group) is 1. The van der Waals surface area contributed by atoms with Crippen molar-refractivity contribution in [1.82, 2.24) is 9.80 Å². The van der Waals surface area contributed by atoms with Crippen LogP contribution in [-0.4, -0.2) is 53.5 Å². The summed E-state index contributed by atoms with van der Waals surface area (Å²) >= 11 is 1.62. The molecule has 0 unspecified atom stereocenters. The van der Waals surface area contributed by atoms with Crippen molar-refractivity contribution in [3.05, 3.63) is 22.4 Å². The SMILES string of the molecule is C[C@@H]1CN(CC(=O)N(C)Cc2ccsc2)C[C@H]1C(=O)O. The Bertz CT molecular complexity index is 475. The predicted molar refractivity (Wildman–Crippen MR) is 77.5 cm³/mol. The summed E-state index contributed by atoms with van der Waals surface area (Å²) < 4.78 is 0. The van der Waals surface area contributed by atoms with Gasteiger partial charge in [0.2, 0.25) is 5.91 Å². The first-order valence-corrected chi connectivity index (χ1v) is 7.62. The highest BCUT2D eigenvalue weighted by Crippen LogP contribution is 2.23. The smallest absolute Gasteiger partial charge is 0.308 e. The van der Waals surface area contributed by atoms with Gasteiger partial charge in [-0.1, -0.05) is 6.92 Å². The number of thiophene rings is 1. The second-order valence-corrected chi connectivity index (χ2v) is 6.28. The highest BCUT2D eigenvalue weighted by Gasteiger charge is 2.35. The molecule has 1 fully saturated rings. The first kappa shape index (κ1) is 15.0. The zero-order chi connectivity index (χ0) is 14.7. The third kappa shape index (κ3) is 3.58. The fourth-order valence-electron chi connectivity index (χ4n) is 2.57. The van der Waals surface area contributed by atoms with Crippen LogP contribution in [0.25, 0.3) is 0 Å². The molecule has 0 aliphatic carbocycles. The van der Waals surface area contributed by atoms with Crippen LogP contribution in [0.3, 0.4) is 0 Å². The zero-order valence-electron chi connectivity index (χ0n) is 11.8. The van der Waals surface area contributed by atoms with E-state index in [1.165, 1.54) is 0 Å². The molecule has 20 heavy (non-hydrogen) atoms. The average molecular weight is 296 g/mol. The molecule has 1 saturated heterocycles. The summed E-state index contributed by atoms with van der Waals surface area (Å²) in [6, 6.07) is 2.01. The van der Waals surface area contributed by atoms with Crippen LogP contribution in [0, 0.1) is 11.8 Å². The normalized spacial score (nSPS) is 22.9. The highest BCUT2D eigenvalue weighted by atomic mass is 32.1. The lowest BCUT2D eigenvalue weighted by molar-refractivity contribution is -0.142. The molecule has 6 heteroatoms. The second-order valence-electron chi connectivity index (χ2n) is 5.50. The number of carboxylic acids is 1. The standard InChI is InChI=1S/C14H20N2O3S/c1-10-5-16(7-12(10)14(18)19)8-13(17)15(2)6-11-3-4-20-9-11/h3-4,9-10,12H,5-8H2,1-2H3,(H,18,19)/t10-,12-/m1/s1. The number of nitrogens with zero attached hydrogens (tertiary/aromatic N) is 2. The minimum absolute atomic E-state index is 0.0365. The number of carbonyl (C=O) groups excluding carboxylic acids is 1. The molecular weight excluding hydrogens is 276 g/mol. The van der Waals surface area contributed by atoms with Crippen LogP contribution in [0.15, 0.2) is 16.8 Å². The summed E-state index contributed by atoms with van der Waals surface area (Å²) in [6.07, 6.45) is 0. The van der Waals surface area contributed by atoms with Crippen molar-refractivity contribution in [2.45, 2.75) is 13.5 Å². The quantitative estimate of drug-likeness (QED) is 0.891. The number of hydrogen-bond donors (Lipinski definition) is 1. The van der Waals surface area contributed by atoms with Crippen LogP contribution in [0.4, 0.5) is 0 Å². The second kappa shape index (κ2) is 6.37. The molecule has 1 aromatic rings. The molecule has 110 valence electrons. The van der Waals surface area contributed by atoms with E-state index in [1.54, 1.807) is 23.3 Å². The van der Waals surface area contributed by atoms with Gasteiger partial charge in [-0.25, -0.2) is 0 Å². The van der Waals surface area contributed by atoms with Gasteiger partial charge in [-0.05, 0) is 28.3 Å². The van der Waals surface area contributed by atoms with E-state index in [0.29, 0.717) is 26.2 Å². The van der Waals surface area contributed by atoms with Crippen molar-refractivity contribution < 1.29 is 14.7 Å². The summed E-state index contributed by atoms with van der Waals surface area (Å²) in [6.45, 7) is 3.98. The lowest BCUT2D eigenvalue weighted by Gasteiger charge is -2.21. The number of amides is 1. The summed E-state index contributed by atoms with van der Waals surface area (Å²) in [5.74, 6) is -0.985. The summed E-state index contributed by atoms with van der Waals surface area (Å²) in [7, 11) is 1.79. The van der Waals surface area contributed by atoms with Crippen LogP contribution in [0.1, 0.15) is 12.5 Å². The molecule has 0 spiro atoms. The van der Waals surface area contributed by atoms with Gasteiger partial charge in [0.05, 0.1) is 12.5 Å². The van der Waals surface area contributed by atoms with Gasteiger partial charge >= 0.3 is 5.97 Å². The fourth-order valence-corrected chi connectivity index (χ4v) is 3.23. The summed E-state index contributed by atoms with van der Waals surface area (Å²) in [4.78, 5) is 26.9. The third-order valence-corrected chi connectivity index (χ3v) is 4.52. The number of carboxylic acid groups (broad SMARTS) is 1. The van der Waals surface area contributed by atoms with Crippen LogP contribution in [0.2, 0.25) is 0 Å². The molecule has 0 saturated carbocycles. The molecule has 2 heterocycles. The Labute approximate surface area is 122 Å². The largest absolute Gasteiger partial charge is 0.481 e. The topological polar surface area (TPSA) is 60.9 Å². The van der Waals surface area contributed by atoms with Crippen molar-refractivity contribution >= 4 is 23.2 Å². The Kier molecular flexibility index (Phi) is 4.77. The van der Waals surface area contributed by atoms with Gasteiger partial charge in [-0.15, -0.1) is 0 Å². The maximum absolute atomic E-state index is 12.1. The zero-order valence-corrected chi connectivity index (χ0v) is 12.6. The fraction of sp³-hybridized carbons (Fsp3) is 0.571. The minimum atomic E-state index is -0.765. The van der Waals surface area contributed by atoms with E-state index in [9.17, 15) is 9.59 Å². The van der Waals surface area contributed by atoms with E-state index in [0.717, 1.165) is 5.56 Å². The molecule has 1 aliphatic heterocycles. The molecule has 1 aromatic heterocycles. The lowest BCUT2D eigenvalue weighted by Crippen LogP contribution is -2.37. The Morgan fingerprint density at radius 3 is 2.80 bits per heavy atom. The summed E-state index contributed by atoms with van der Waals surface area (Å²) in [5.41, 5.74) is 1.13. The van der Waals surface area contributed by atoms with E-state index in [4.69, 9.17) is 5.11 Å². The van der Waals surface area contributed by atoms with E-state index >= 15 is 0 Å². The van der Waals surface area contributed by atoms with Gasteiger partial charge in [0.1, 0.15) is 0 Å². The lowest BCUT2D eigenvalue weighted by atomic mass is 9.99. The minimum Gasteiger partial charge on any atom is -0.481 e. The first-order valence-electron chi connectivity index (χ1n) is 6.67. The molecule has 5 nitrogen and oxygen atoms in total. The van der Waals surface area contributed by atoms with Crippen molar-refractivity contribution in [2.75, 3.05) is 26.7 Å². The molecule has 2 rings (SSSR count). The monoisotopic (exact) mass is 296 g/mol. The van der Waals surface area contributed by atoms with Crippen LogP contribution < -0.4 is 0 Å². The Morgan fingerprint density at radius 2 is 2.25 bits per heavy atom. The average Bonchev–Trinajstić information content (AvgIpc) is 2.98. The van der Waals surface area contributed by atoms with Crippen molar-refractivity contribution in [3.8, 4) is 0 Å². The number of aliphatic carboxylic acids is 1. The number of likely N-dealkylation sites (tertiary alicyclic amines) is 1. The third-order valence-electron chi connectivity index (χ3n) is 3.79. The van der Waals surface area contributed by atoms with Gasteiger partial charge in [0.25, 0.3) is 0 Å². The van der Waals surface area contributed by atoms with Gasteiger partial charge < -0.3 is 10.0 Å². The van der Waals surface area contributed by atoms with Crippen LogP contribution in [-0.2, 0) is 16.1 Å². The van der Waals surface area contributed by atoms with Gasteiger partial charge in [-0.3, -0.25) is 14.5 Å². The van der Waals surface area contributed by atoms with Gasteiger partial charge in [-0.2, -0.15) is 11.3 Å². The van der Waals surface area contributed by atoms with Gasteiger partial charge in [0.15, 0.2) is 0 Å². The van der Waals surface area contributed by atoms with Crippen LogP contribution >= 0.6 is 11.3 Å². The summed E-state index contributed by atoms with van der Waals surface area (Å²) in [5, 5.41) is 13.1. The number of rotatable bonds is 5. The Hall–Kier alpha value is -1.40. The van der Waals surface area contributed by atoms with Crippen LogP contribution in [0.5, 0.6) is 0 Å². The molecule has 0 bridgehead atoms. The Balaban J connectivity index is 1.84. The first-order chi connectivity index (χ1) is 9.47. The van der Waals surface area contributed by atoms with Crippen molar-refractivity contribution in [2.24, 2.45) is 11.8 Å². The molecule has 0 aromatic carbocycles. The van der Waals surface area contributed by atoms with Crippen molar-refractivity contribution in [1.29, 1.82) is 0 Å². The van der Waals surface area contributed by atoms with E-state index in [-0.39, 0.29) is 17.7 Å². The molecule has 1 amide bonds. The molecule has 0 radical (unpaired) electrons. The van der Waals surface area contributed by atoms with Gasteiger partial charge in [0, 0.05) is 26.7 Å². The van der Waals surface area contributed by atoms with E-state index in [1.807, 2.05) is 28.7 Å². The highest BCUT2D eigenvalue weighted by molar-refractivity contribution is 7.07. The van der Waals surface area contributed by atoms with E-state index < -0.39 is 5.97 Å².